The van der Waals surface area contributed by atoms with Crippen LogP contribution < -0.4 is 24.8 Å². The van der Waals surface area contributed by atoms with Crippen molar-refractivity contribution >= 4 is 43.8 Å². The number of rotatable bonds is 12. The third kappa shape index (κ3) is 7.37. The van der Waals surface area contributed by atoms with Crippen molar-refractivity contribution in [2.24, 2.45) is 12.1 Å². The first-order valence-electron chi connectivity index (χ1n) is 14.8. The quantitative estimate of drug-likeness (QED) is 0.134. The van der Waals surface area contributed by atoms with E-state index in [1.165, 1.54) is 30.1 Å². The molecule has 0 aliphatic carbocycles. The van der Waals surface area contributed by atoms with Crippen LogP contribution in [0, 0.1) is 13.8 Å². The highest BCUT2D eigenvalue weighted by Crippen LogP contribution is 2.37. The first kappa shape index (κ1) is 34.2. The van der Waals surface area contributed by atoms with Gasteiger partial charge in [0.15, 0.2) is 11.5 Å². The molecule has 0 bridgehead atoms. The Labute approximate surface area is 287 Å². The van der Waals surface area contributed by atoms with Crippen LogP contribution in [0.4, 0.5) is 5.69 Å². The summed E-state index contributed by atoms with van der Waals surface area (Å²) in [6.07, 6.45) is 1.39. The van der Waals surface area contributed by atoms with Crippen LogP contribution in [0.25, 0.3) is 5.69 Å². The van der Waals surface area contributed by atoms with Crippen molar-refractivity contribution in [3.63, 3.8) is 0 Å². The average molecular weight is 733 g/mol. The van der Waals surface area contributed by atoms with Crippen LogP contribution in [0.5, 0.6) is 11.5 Å². The number of carbonyl (C=O) groups is 1. The largest absolute Gasteiger partial charge is 0.493 e. The van der Waals surface area contributed by atoms with Gasteiger partial charge in [0.2, 0.25) is 0 Å². The topological polar surface area (TPSA) is 124 Å². The predicted molar refractivity (Wildman–Crippen MR) is 189 cm³/mol. The predicted octanol–water partition coefficient (Wildman–Crippen LogP) is 5.49. The number of hydrogen-bond donors (Lipinski definition) is 1. The molecule has 4 aromatic carbocycles. The van der Waals surface area contributed by atoms with E-state index in [0.717, 1.165) is 15.4 Å². The van der Waals surface area contributed by atoms with Crippen molar-refractivity contribution in [1.82, 2.24) is 14.8 Å². The number of ether oxygens (including phenoxy) is 2. The van der Waals surface area contributed by atoms with Crippen molar-refractivity contribution < 1.29 is 22.7 Å². The maximum Gasteiger partial charge on any atom is 0.296 e. The van der Waals surface area contributed by atoms with E-state index in [0.29, 0.717) is 39.5 Å². The molecule has 1 heterocycles. The smallest absolute Gasteiger partial charge is 0.296 e. The van der Waals surface area contributed by atoms with E-state index >= 15 is 0 Å². The first-order chi connectivity index (χ1) is 23.0. The van der Waals surface area contributed by atoms with Crippen LogP contribution in [0.15, 0.2) is 116 Å². The Kier molecular flexibility index (Phi) is 10.5. The number of nitrogens with zero attached hydrogens (tertiary/aromatic N) is 4. The van der Waals surface area contributed by atoms with E-state index in [9.17, 15) is 18.0 Å². The number of sulfonamides is 1. The second-order valence-electron chi connectivity index (χ2n) is 10.8. The fourth-order valence-electron chi connectivity index (χ4n) is 4.98. The molecule has 5 rings (SSSR count). The summed E-state index contributed by atoms with van der Waals surface area (Å²) < 4.78 is 43.8. The van der Waals surface area contributed by atoms with Crippen LogP contribution >= 0.6 is 15.9 Å². The average Bonchev–Trinajstić information content (AvgIpc) is 3.30. The number of halogens is 1. The van der Waals surface area contributed by atoms with Gasteiger partial charge in [-0.2, -0.15) is 5.10 Å². The zero-order valence-corrected chi connectivity index (χ0v) is 29.2. The SMILES string of the molecule is COc1cc(/C=N\NC(=O)CN(c2c(C)n(C)n(-c3ccccc3)c2=O)S(=O)(=O)c2ccccc2)cc(Br)c1OCc1ccc(C)cc1. The van der Waals surface area contributed by atoms with Crippen LogP contribution in [0.2, 0.25) is 0 Å². The third-order valence-electron chi connectivity index (χ3n) is 7.55. The van der Waals surface area contributed by atoms with Gasteiger partial charge in [0.25, 0.3) is 21.5 Å². The van der Waals surface area contributed by atoms with Gasteiger partial charge in [-0.15, -0.1) is 0 Å². The molecule has 248 valence electrons. The van der Waals surface area contributed by atoms with Crippen LogP contribution in [0.3, 0.4) is 0 Å². The van der Waals surface area contributed by atoms with E-state index in [1.54, 1.807) is 73.3 Å². The lowest BCUT2D eigenvalue weighted by atomic mass is 10.2. The molecule has 0 aliphatic rings. The van der Waals surface area contributed by atoms with Gasteiger partial charge in [-0.3, -0.25) is 14.3 Å². The maximum atomic E-state index is 13.9. The Morgan fingerprint density at radius 1 is 0.979 bits per heavy atom. The molecule has 1 amide bonds. The summed E-state index contributed by atoms with van der Waals surface area (Å²) in [4.78, 5) is 27.0. The lowest BCUT2D eigenvalue weighted by Gasteiger charge is -2.22. The standard InChI is InChI=1S/C35H34BrN5O6S/c1-24-15-17-26(18-16-24)23-47-34-30(36)19-27(20-31(34)46-4)21-37-38-32(42)22-40(48(44,45)29-13-9-6-10-14-29)33-25(2)39(3)41(35(33)43)28-11-7-5-8-12-28/h5-21H,22-23H2,1-4H3,(H,38,42)/b37-21-. The van der Waals surface area contributed by atoms with E-state index in [2.05, 4.69) is 26.5 Å². The minimum Gasteiger partial charge on any atom is -0.493 e. The first-order valence-corrected chi connectivity index (χ1v) is 17.0. The highest BCUT2D eigenvalue weighted by atomic mass is 79.9. The van der Waals surface area contributed by atoms with Crippen molar-refractivity contribution in [3.8, 4) is 17.2 Å². The Hall–Kier alpha value is -5.14. The summed E-state index contributed by atoms with van der Waals surface area (Å²) >= 11 is 3.52. The minimum absolute atomic E-state index is 0.0724. The molecule has 0 saturated carbocycles. The number of methoxy groups -OCH3 is 1. The summed E-state index contributed by atoms with van der Waals surface area (Å²) in [6, 6.07) is 27.9. The van der Waals surface area contributed by atoms with Crippen molar-refractivity contribution in [2.45, 2.75) is 25.3 Å². The van der Waals surface area contributed by atoms with E-state index in [1.807, 2.05) is 37.3 Å². The van der Waals surface area contributed by atoms with Gasteiger partial charge >= 0.3 is 0 Å². The molecule has 11 nitrogen and oxygen atoms in total. The number of carbonyl (C=O) groups excluding carboxylic acids is 1. The zero-order valence-electron chi connectivity index (χ0n) is 26.8. The Morgan fingerprint density at radius 3 is 2.27 bits per heavy atom. The molecule has 5 aromatic rings. The number of anilines is 1. The van der Waals surface area contributed by atoms with Gasteiger partial charge in [0, 0.05) is 7.05 Å². The second-order valence-corrected chi connectivity index (χ2v) is 13.6. The normalized spacial score (nSPS) is 11.4. The summed E-state index contributed by atoms with van der Waals surface area (Å²) in [5.41, 5.74) is 5.25. The Balaban J connectivity index is 1.39. The lowest BCUT2D eigenvalue weighted by molar-refractivity contribution is -0.119. The number of aromatic nitrogens is 2. The van der Waals surface area contributed by atoms with E-state index in [-0.39, 0.29) is 10.6 Å². The molecular weight excluding hydrogens is 698 g/mol. The summed E-state index contributed by atoms with van der Waals surface area (Å²) in [5.74, 6) is 0.183. The summed E-state index contributed by atoms with van der Waals surface area (Å²) in [6.45, 7) is 3.27. The molecule has 0 unspecified atom stereocenters. The van der Waals surface area contributed by atoms with Crippen molar-refractivity contribution in [2.75, 3.05) is 18.0 Å². The molecule has 0 saturated heterocycles. The highest BCUT2D eigenvalue weighted by Gasteiger charge is 2.33. The molecule has 1 aromatic heterocycles. The Morgan fingerprint density at radius 2 is 1.62 bits per heavy atom. The molecule has 0 fully saturated rings. The van der Waals surface area contributed by atoms with Gasteiger partial charge in [-0.25, -0.2) is 22.8 Å². The number of aryl methyl sites for hydroxylation is 1. The van der Waals surface area contributed by atoms with Crippen molar-refractivity contribution in [1.29, 1.82) is 0 Å². The molecular formula is C35H34BrN5O6S. The van der Waals surface area contributed by atoms with Gasteiger partial charge in [0.05, 0.1) is 34.1 Å². The fourth-order valence-corrected chi connectivity index (χ4v) is 7.05. The maximum absolute atomic E-state index is 13.9. The number of para-hydroxylation sites is 1. The fraction of sp³-hybridized carbons (Fsp3) is 0.171. The minimum atomic E-state index is -4.35. The Bertz CT molecular complexity index is 2110. The third-order valence-corrected chi connectivity index (χ3v) is 9.90. The van der Waals surface area contributed by atoms with E-state index in [4.69, 9.17) is 9.47 Å². The van der Waals surface area contributed by atoms with Crippen LogP contribution in [-0.4, -0.2) is 43.6 Å². The van der Waals surface area contributed by atoms with Gasteiger partial charge < -0.3 is 9.47 Å². The monoisotopic (exact) mass is 731 g/mol. The number of benzene rings is 4. The summed E-state index contributed by atoms with van der Waals surface area (Å²) in [7, 11) is -1.18. The van der Waals surface area contributed by atoms with Crippen LogP contribution in [-0.2, 0) is 28.5 Å². The molecule has 0 aliphatic heterocycles. The van der Waals surface area contributed by atoms with Crippen molar-refractivity contribution in [3.05, 3.63) is 134 Å². The van der Waals surface area contributed by atoms with Gasteiger partial charge in [0.1, 0.15) is 18.8 Å². The highest BCUT2D eigenvalue weighted by molar-refractivity contribution is 9.10. The van der Waals surface area contributed by atoms with Gasteiger partial charge in [-0.05, 0) is 77.3 Å². The summed E-state index contributed by atoms with van der Waals surface area (Å²) in [5, 5.41) is 4.05. The molecule has 13 heteroatoms. The van der Waals surface area contributed by atoms with Crippen LogP contribution in [0.1, 0.15) is 22.4 Å². The molecule has 0 spiro atoms. The molecule has 1 N–H and O–H groups in total. The number of hydrogen-bond acceptors (Lipinski definition) is 7. The van der Waals surface area contributed by atoms with Gasteiger partial charge in [-0.1, -0.05) is 66.2 Å². The van der Waals surface area contributed by atoms with E-state index < -0.39 is 28.0 Å². The number of amides is 1. The zero-order chi connectivity index (χ0) is 34.4. The molecule has 48 heavy (non-hydrogen) atoms. The number of nitrogens with one attached hydrogen (secondary N) is 1. The second kappa shape index (κ2) is 14.7. The lowest BCUT2D eigenvalue weighted by Crippen LogP contribution is -2.42. The molecule has 0 atom stereocenters. The molecule has 0 radical (unpaired) electrons. The number of hydrazone groups is 1.